The summed E-state index contributed by atoms with van der Waals surface area (Å²) in [5, 5.41) is 0. The summed E-state index contributed by atoms with van der Waals surface area (Å²) < 4.78 is 5.36. The number of carbonyl (C=O) groups is 1. The summed E-state index contributed by atoms with van der Waals surface area (Å²) in [6.45, 7) is 2.90. The van der Waals surface area contributed by atoms with Gasteiger partial charge in [-0.2, -0.15) is 0 Å². The first-order valence-corrected chi connectivity index (χ1v) is 7.85. The van der Waals surface area contributed by atoms with Crippen molar-refractivity contribution >= 4 is 5.91 Å². The first-order valence-electron chi connectivity index (χ1n) is 7.85. The van der Waals surface area contributed by atoms with Crippen molar-refractivity contribution in [2.75, 3.05) is 40.4 Å². The van der Waals surface area contributed by atoms with Crippen molar-refractivity contribution in [1.82, 2.24) is 9.80 Å². The summed E-state index contributed by atoms with van der Waals surface area (Å²) in [7, 11) is 4.09. The molecule has 2 N–H and O–H groups in total. The van der Waals surface area contributed by atoms with Gasteiger partial charge in [-0.1, -0.05) is 12.8 Å². The molecule has 0 radical (unpaired) electrons. The monoisotopic (exact) mass is 283 g/mol. The molecule has 0 aromatic rings. The van der Waals surface area contributed by atoms with Gasteiger partial charge in [-0.05, 0) is 39.8 Å². The minimum atomic E-state index is -0.701. The molecule has 20 heavy (non-hydrogen) atoms. The van der Waals surface area contributed by atoms with Gasteiger partial charge in [0.05, 0.1) is 5.54 Å². The van der Waals surface area contributed by atoms with Crippen molar-refractivity contribution in [3.8, 4) is 0 Å². The van der Waals surface area contributed by atoms with Crippen molar-refractivity contribution < 1.29 is 9.53 Å². The molecule has 0 atom stereocenters. The molecule has 1 heterocycles. The molecule has 0 unspecified atom stereocenters. The normalized spacial score (nSPS) is 23.2. The zero-order valence-electron chi connectivity index (χ0n) is 12.9. The summed E-state index contributed by atoms with van der Waals surface area (Å²) in [4.78, 5) is 17.1. The second-order valence-electron chi connectivity index (χ2n) is 6.51. The van der Waals surface area contributed by atoms with Gasteiger partial charge in [-0.15, -0.1) is 0 Å². The molecule has 0 spiro atoms. The van der Waals surface area contributed by atoms with Crippen LogP contribution in [0.25, 0.3) is 0 Å². The number of ether oxygens (including phenoxy) is 1. The van der Waals surface area contributed by atoms with Crippen LogP contribution in [0.1, 0.15) is 38.5 Å². The Kier molecular flexibility index (Phi) is 5.41. The maximum absolute atomic E-state index is 12.9. The lowest BCUT2D eigenvalue weighted by Crippen LogP contribution is -2.60. The van der Waals surface area contributed by atoms with Crippen LogP contribution in [0.15, 0.2) is 0 Å². The molecule has 1 aliphatic heterocycles. The number of nitrogens with two attached hydrogens (primary N) is 1. The second-order valence-corrected chi connectivity index (χ2v) is 6.51. The summed E-state index contributed by atoms with van der Waals surface area (Å²) in [6.07, 6.45) is 6.03. The van der Waals surface area contributed by atoms with Crippen LogP contribution in [0.2, 0.25) is 0 Å². The van der Waals surface area contributed by atoms with Crippen molar-refractivity contribution in [3.63, 3.8) is 0 Å². The maximum Gasteiger partial charge on any atom is 0.243 e. The first kappa shape index (κ1) is 15.7. The highest BCUT2D eigenvalue weighted by atomic mass is 16.5. The summed E-state index contributed by atoms with van der Waals surface area (Å²) >= 11 is 0. The fraction of sp³-hybridized carbons (Fsp3) is 0.933. The quantitative estimate of drug-likeness (QED) is 0.812. The average Bonchev–Trinajstić information content (AvgIpc) is 2.93. The number of carbonyl (C=O) groups excluding carboxylic acids is 1. The molecule has 2 aliphatic rings. The molecule has 1 aliphatic carbocycles. The Labute approximate surface area is 122 Å². The number of amides is 1. The Morgan fingerprint density at radius 3 is 2.35 bits per heavy atom. The molecule has 2 fully saturated rings. The largest absolute Gasteiger partial charge is 0.381 e. The highest BCUT2D eigenvalue weighted by Crippen LogP contribution is 2.28. The zero-order chi connectivity index (χ0) is 14.6. The van der Waals surface area contributed by atoms with Crippen molar-refractivity contribution in [3.05, 3.63) is 0 Å². The fourth-order valence-corrected chi connectivity index (χ4v) is 3.21. The van der Waals surface area contributed by atoms with E-state index in [4.69, 9.17) is 10.5 Å². The number of hydrogen-bond acceptors (Lipinski definition) is 4. The van der Waals surface area contributed by atoms with Crippen LogP contribution in [0.4, 0.5) is 0 Å². The number of hydrogen-bond donors (Lipinski definition) is 1. The van der Waals surface area contributed by atoms with Crippen LogP contribution in [0.3, 0.4) is 0 Å². The van der Waals surface area contributed by atoms with E-state index in [1.807, 2.05) is 14.1 Å². The van der Waals surface area contributed by atoms with Crippen LogP contribution < -0.4 is 5.73 Å². The van der Waals surface area contributed by atoms with E-state index in [2.05, 4.69) is 9.80 Å². The average molecular weight is 283 g/mol. The van der Waals surface area contributed by atoms with Crippen LogP contribution in [0, 0.1) is 0 Å². The topological polar surface area (TPSA) is 58.8 Å². The number of likely N-dealkylation sites (N-methyl/N-ethyl adjacent to an activating group) is 1. The molecule has 1 amide bonds. The number of nitrogens with zero attached hydrogens (tertiary/aromatic N) is 2. The molecule has 5 heteroatoms. The standard InChI is InChI=1S/C15H29N3O2/c1-17(2)9-10-18(13-5-3-4-6-13)14(19)15(16)7-11-20-12-8-15/h13H,3-12,16H2,1-2H3. The van der Waals surface area contributed by atoms with E-state index >= 15 is 0 Å². The molecule has 1 saturated heterocycles. The van der Waals surface area contributed by atoms with Gasteiger partial charge in [0.2, 0.25) is 5.91 Å². The van der Waals surface area contributed by atoms with Crippen molar-refractivity contribution in [2.45, 2.75) is 50.1 Å². The lowest BCUT2D eigenvalue weighted by Gasteiger charge is -2.39. The Bertz CT molecular complexity index is 321. The van der Waals surface area contributed by atoms with Crippen molar-refractivity contribution in [1.29, 1.82) is 0 Å². The van der Waals surface area contributed by atoms with E-state index in [1.54, 1.807) is 0 Å². The van der Waals surface area contributed by atoms with E-state index < -0.39 is 5.54 Å². The maximum atomic E-state index is 12.9. The van der Waals surface area contributed by atoms with Gasteiger partial charge in [0.15, 0.2) is 0 Å². The van der Waals surface area contributed by atoms with E-state index in [0.717, 1.165) is 25.9 Å². The zero-order valence-corrected chi connectivity index (χ0v) is 12.9. The minimum Gasteiger partial charge on any atom is -0.381 e. The van der Waals surface area contributed by atoms with Gasteiger partial charge < -0.3 is 20.3 Å². The van der Waals surface area contributed by atoms with Gasteiger partial charge in [0.25, 0.3) is 0 Å². The third kappa shape index (κ3) is 3.71. The van der Waals surface area contributed by atoms with Gasteiger partial charge >= 0.3 is 0 Å². The molecular formula is C15H29N3O2. The predicted molar refractivity (Wildman–Crippen MR) is 79.5 cm³/mol. The minimum absolute atomic E-state index is 0.148. The summed E-state index contributed by atoms with van der Waals surface area (Å²) in [6, 6.07) is 0.394. The predicted octanol–water partition coefficient (Wildman–Crippen LogP) is 0.827. The van der Waals surface area contributed by atoms with Gasteiger partial charge in [-0.3, -0.25) is 4.79 Å². The van der Waals surface area contributed by atoms with Gasteiger partial charge in [-0.25, -0.2) is 0 Å². The van der Waals surface area contributed by atoms with Crippen molar-refractivity contribution in [2.24, 2.45) is 5.73 Å². The lowest BCUT2D eigenvalue weighted by atomic mass is 9.89. The Balaban J connectivity index is 2.05. The highest BCUT2D eigenvalue weighted by molar-refractivity contribution is 5.86. The van der Waals surface area contributed by atoms with E-state index in [9.17, 15) is 4.79 Å². The first-order chi connectivity index (χ1) is 9.53. The van der Waals surface area contributed by atoms with E-state index in [0.29, 0.717) is 32.1 Å². The molecule has 2 rings (SSSR count). The molecule has 0 aromatic carbocycles. The smallest absolute Gasteiger partial charge is 0.243 e. The van der Waals surface area contributed by atoms with E-state index in [1.165, 1.54) is 12.8 Å². The fourth-order valence-electron chi connectivity index (χ4n) is 3.21. The molecule has 5 nitrogen and oxygen atoms in total. The highest BCUT2D eigenvalue weighted by Gasteiger charge is 2.41. The van der Waals surface area contributed by atoms with Crippen LogP contribution in [-0.2, 0) is 9.53 Å². The SMILES string of the molecule is CN(C)CCN(C(=O)C1(N)CCOCC1)C1CCCC1. The summed E-state index contributed by atoms with van der Waals surface area (Å²) in [5.74, 6) is 0.148. The van der Waals surface area contributed by atoms with Gasteiger partial charge in [0.1, 0.15) is 0 Å². The molecule has 0 bridgehead atoms. The molecule has 116 valence electrons. The Hall–Kier alpha value is -0.650. The molecule has 1 saturated carbocycles. The third-order valence-electron chi connectivity index (χ3n) is 4.63. The third-order valence-corrected chi connectivity index (χ3v) is 4.63. The van der Waals surface area contributed by atoms with E-state index in [-0.39, 0.29) is 5.91 Å². The molecule has 0 aromatic heterocycles. The molecular weight excluding hydrogens is 254 g/mol. The van der Waals surface area contributed by atoms with Crippen LogP contribution in [-0.4, -0.2) is 67.7 Å². The Morgan fingerprint density at radius 2 is 1.80 bits per heavy atom. The summed E-state index contributed by atoms with van der Waals surface area (Å²) in [5.41, 5.74) is 5.69. The Morgan fingerprint density at radius 1 is 1.20 bits per heavy atom. The van der Waals surface area contributed by atoms with Gasteiger partial charge in [0, 0.05) is 32.3 Å². The van der Waals surface area contributed by atoms with Crippen LogP contribution >= 0.6 is 0 Å². The van der Waals surface area contributed by atoms with Crippen LogP contribution in [0.5, 0.6) is 0 Å². The second kappa shape index (κ2) is 6.87. The number of rotatable bonds is 5. The lowest BCUT2D eigenvalue weighted by molar-refractivity contribution is -0.143.